The summed E-state index contributed by atoms with van der Waals surface area (Å²) in [5.41, 5.74) is 1.55. The molecule has 33 heavy (non-hydrogen) atoms. The fourth-order valence-electron chi connectivity index (χ4n) is 4.81. The van der Waals surface area contributed by atoms with Gasteiger partial charge in [-0.2, -0.15) is 11.8 Å². The van der Waals surface area contributed by atoms with Gasteiger partial charge in [-0.05, 0) is 49.5 Å². The van der Waals surface area contributed by atoms with Crippen molar-refractivity contribution in [2.45, 2.75) is 38.1 Å². The van der Waals surface area contributed by atoms with Gasteiger partial charge in [0, 0.05) is 10.9 Å². The Bertz CT molecular complexity index is 1060. The summed E-state index contributed by atoms with van der Waals surface area (Å²) in [7, 11) is 0. The van der Waals surface area contributed by atoms with E-state index in [0.29, 0.717) is 34.5 Å². The molecule has 0 radical (unpaired) electrons. The van der Waals surface area contributed by atoms with E-state index in [1.165, 1.54) is 16.2 Å². The first-order valence-corrected chi connectivity index (χ1v) is 13.4. The van der Waals surface area contributed by atoms with Crippen LogP contribution in [-0.2, 0) is 14.4 Å². The second-order valence-electron chi connectivity index (χ2n) is 8.44. The zero-order valence-corrected chi connectivity index (χ0v) is 19.9. The largest absolute Gasteiger partial charge is 0.454 e. The Morgan fingerprint density at radius 3 is 2.67 bits per heavy atom. The molecule has 1 saturated carbocycles. The predicted molar refractivity (Wildman–Crippen MR) is 126 cm³/mol. The minimum Gasteiger partial charge on any atom is -0.454 e. The number of ether oxygens (including phenoxy) is 2. The van der Waals surface area contributed by atoms with Crippen LogP contribution in [0.3, 0.4) is 0 Å². The molecule has 8 nitrogen and oxygen atoms in total. The maximum Gasteiger partial charge on any atom is 0.249 e. The van der Waals surface area contributed by atoms with Crippen molar-refractivity contribution >= 4 is 46.0 Å². The number of fused-ring (bicyclic) bond motifs is 2. The number of rotatable bonds is 7. The van der Waals surface area contributed by atoms with Crippen molar-refractivity contribution in [3.8, 4) is 22.8 Å². The molecular weight excluding hydrogens is 462 g/mol. The summed E-state index contributed by atoms with van der Waals surface area (Å²) < 4.78 is 10.8. The van der Waals surface area contributed by atoms with Crippen LogP contribution >= 0.6 is 23.1 Å². The molecule has 10 heteroatoms. The summed E-state index contributed by atoms with van der Waals surface area (Å²) >= 11 is 2.89. The van der Waals surface area contributed by atoms with Crippen molar-refractivity contribution in [3.05, 3.63) is 23.6 Å². The van der Waals surface area contributed by atoms with Gasteiger partial charge in [-0.25, -0.2) is 4.98 Å². The van der Waals surface area contributed by atoms with Crippen LogP contribution in [0.1, 0.15) is 32.1 Å². The maximum atomic E-state index is 13.3. The number of benzene rings is 1. The monoisotopic (exact) mass is 487 g/mol. The number of carbonyl (C=O) groups excluding carboxylic acids is 3. The molecule has 3 aliphatic rings. The van der Waals surface area contributed by atoms with E-state index in [1.807, 2.05) is 29.8 Å². The average molecular weight is 488 g/mol. The van der Waals surface area contributed by atoms with Gasteiger partial charge in [-0.15, -0.1) is 11.3 Å². The summed E-state index contributed by atoms with van der Waals surface area (Å²) in [5, 5.41) is 5.13. The van der Waals surface area contributed by atoms with Crippen molar-refractivity contribution in [1.29, 1.82) is 0 Å². The third kappa shape index (κ3) is 4.21. The van der Waals surface area contributed by atoms with E-state index in [-0.39, 0.29) is 36.4 Å². The third-order valence-corrected chi connectivity index (χ3v) is 7.89. The highest BCUT2D eigenvalue weighted by Gasteiger charge is 2.51. The Morgan fingerprint density at radius 1 is 1.21 bits per heavy atom. The van der Waals surface area contributed by atoms with E-state index in [1.54, 1.807) is 11.8 Å². The number of thiazole rings is 1. The Hall–Kier alpha value is -2.59. The lowest BCUT2D eigenvalue weighted by molar-refractivity contribution is -0.146. The minimum absolute atomic E-state index is 0.189. The Labute approximate surface area is 200 Å². The molecule has 3 unspecified atom stereocenters. The quantitative estimate of drug-likeness (QED) is 0.594. The molecule has 0 spiro atoms. The van der Waals surface area contributed by atoms with Crippen LogP contribution in [0.4, 0.5) is 5.13 Å². The van der Waals surface area contributed by atoms with Crippen LogP contribution in [0.15, 0.2) is 23.6 Å². The van der Waals surface area contributed by atoms with E-state index >= 15 is 0 Å². The molecule has 5 rings (SSSR count). The van der Waals surface area contributed by atoms with Gasteiger partial charge in [0.15, 0.2) is 16.6 Å². The Morgan fingerprint density at radius 2 is 1.94 bits per heavy atom. The number of hydrogen-bond acceptors (Lipinski definition) is 8. The molecule has 3 amide bonds. The molecule has 3 heterocycles. The molecule has 1 aromatic heterocycles. The molecule has 2 aliphatic heterocycles. The second kappa shape index (κ2) is 9.34. The number of hydrogen-bond donors (Lipinski definition) is 1. The van der Waals surface area contributed by atoms with E-state index < -0.39 is 6.04 Å². The van der Waals surface area contributed by atoms with Crippen molar-refractivity contribution in [1.82, 2.24) is 9.88 Å². The zero-order chi connectivity index (χ0) is 22.9. The highest BCUT2D eigenvalue weighted by molar-refractivity contribution is 7.98. The number of imide groups is 1. The van der Waals surface area contributed by atoms with Crippen molar-refractivity contribution in [2.75, 3.05) is 24.1 Å². The van der Waals surface area contributed by atoms with Gasteiger partial charge in [0.2, 0.25) is 24.5 Å². The molecule has 1 saturated heterocycles. The van der Waals surface area contributed by atoms with Gasteiger partial charge >= 0.3 is 0 Å². The smallest absolute Gasteiger partial charge is 0.249 e. The minimum atomic E-state index is -0.819. The summed E-state index contributed by atoms with van der Waals surface area (Å²) in [6.45, 7) is 0.199. The number of likely N-dealkylation sites (tertiary alicyclic amines) is 1. The van der Waals surface area contributed by atoms with Crippen LogP contribution in [-0.4, -0.2) is 52.4 Å². The number of nitrogens with zero attached hydrogens (tertiary/aromatic N) is 2. The van der Waals surface area contributed by atoms with Gasteiger partial charge in [0.25, 0.3) is 0 Å². The van der Waals surface area contributed by atoms with Gasteiger partial charge in [-0.1, -0.05) is 12.8 Å². The topological polar surface area (TPSA) is 97.8 Å². The van der Waals surface area contributed by atoms with E-state index in [0.717, 1.165) is 31.2 Å². The number of anilines is 1. The molecular formula is C23H25N3O5S2. The van der Waals surface area contributed by atoms with Gasteiger partial charge in [0.05, 0.1) is 17.5 Å². The number of thioether (sulfide) groups is 1. The summed E-state index contributed by atoms with van der Waals surface area (Å²) in [5.74, 6) is 0.746. The first-order valence-electron chi connectivity index (χ1n) is 11.1. The molecule has 0 bridgehead atoms. The molecule has 2 fully saturated rings. The number of amides is 3. The summed E-state index contributed by atoms with van der Waals surface area (Å²) in [6.07, 6.45) is 5.74. The highest BCUT2D eigenvalue weighted by atomic mass is 32.2. The molecule has 1 aliphatic carbocycles. The normalized spacial score (nSPS) is 22.4. The highest BCUT2D eigenvalue weighted by Crippen LogP contribution is 2.40. The second-order valence-corrected chi connectivity index (χ2v) is 10.3. The van der Waals surface area contributed by atoms with Crippen molar-refractivity contribution in [3.63, 3.8) is 0 Å². The van der Waals surface area contributed by atoms with Crippen molar-refractivity contribution < 1.29 is 23.9 Å². The third-order valence-electron chi connectivity index (χ3n) is 6.49. The van der Waals surface area contributed by atoms with Crippen LogP contribution in [0, 0.1) is 11.8 Å². The lowest BCUT2D eigenvalue weighted by atomic mass is 9.81. The molecule has 174 valence electrons. The fraction of sp³-hybridized carbons (Fsp3) is 0.478. The molecule has 3 atom stereocenters. The molecule has 2 aromatic rings. The van der Waals surface area contributed by atoms with E-state index in [9.17, 15) is 14.4 Å². The fourth-order valence-corrected chi connectivity index (χ4v) is 5.99. The Balaban J connectivity index is 1.33. The lowest BCUT2D eigenvalue weighted by Crippen LogP contribution is -2.48. The molecule has 1 aromatic carbocycles. The number of aromatic nitrogens is 1. The van der Waals surface area contributed by atoms with Crippen LogP contribution in [0.25, 0.3) is 11.3 Å². The van der Waals surface area contributed by atoms with Crippen LogP contribution < -0.4 is 14.8 Å². The van der Waals surface area contributed by atoms with Gasteiger partial charge in [0.1, 0.15) is 6.04 Å². The number of carbonyl (C=O) groups is 3. The Kier molecular flexibility index (Phi) is 6.29. The summed E-state index contributed by atoms with van der Waals surface area (Å²) in [6, 6.07) is 4.75. The SMILES string of the molecule is CSCCC(C(=O)Nc1nc(-c2ccc3c(c2)OCO3)cs1)N1C(=O)C2CCCCC2C1=O. The van der Waals surface area contributed by atoms with Crippen molar-refractivity contribution in [2.24, 2.45) is 11.8 Å². The number of nitrogens with one attached hydrogen (secondary N) is 1. The average Bonchev–Trinajstić information content (AvgIpc) is 3.54. The van der Waals surface area contributed by atoms with Gasteiger partial charge in [-0.3, -0.25) is 19.3 Å². The zero-order valence-electron chi connectivity index (χ0n) is 18.2. The summed E-state index contributed by atoms with van der Waals surface area (Å²) in [4.78, 5) is 45.2. The first kappa shape index (κ1) is 22.2. The predicted octanol–water partition coefficient (Wildman–Crippen LogP) is 3.77. The maximum absolute atomic E-state index is 13.3. The standard InChI is InChI=1S/C23H25N3O5S2/c1-32-9-8-17(26-21(28)14-4-2-3-5-15(14)22(26)29)20(27)25-23-24-16(11-33-23)13-6-7-18-19(10-13)31-12-30-18/h6-7,10-11,14-15,17H,2-5,8-9,12H2,1H3,(H,24,25,27). The van der Waals surface area contributed by atoms with E-state index in [4.69, 9.17) is 9.47 Å². The lowest BCUT2D eigenvalue weighted by Gasteiger charge is -2.25. The van der Waals surface area contributed by atoms with Gasteiger partial charge < -0.3 is 14.8 Å². The van der Waals surface area contributed by atoms with Crippen LogP contribution in [0.2, 0.25) is 0 Å². The van der Waals surface area contributed by atoms with Crippen LogP contribution in [0.5, 0.6) is 11.5 Å². The van der Waals surface area contributed by atoms with E-state index in [2.05, 4.69) is 10.3 Å². The molecule has 1 N–H and O–H groups in total. The first-order chi connectivity index (χ1) is 16.1.